The van der Waals surface area contributed by atoms with E-state index in [9.17, 15) is 22.0 Å². The molecule has 0 atom stereocenters. The maximum atomic E-state index is 14.6. The first-order valence-electron chi connectivity index (χ1n) is 10.6. The first-order chi connectivity index (χ1) is 15.8. The lowest BCUT2D eigenvalue weighted by molar-refractivity contribution is 0.135. The van der Waals surface area contributed by atoms with Crippen LogP contribution in [0.2, 0.25) is 0 Å². The van der Waals surface area contributed by atoms with Crippen LogP contribution < -0.4 is 4.90 Å². The molecule has 0 unspecified atom stereocenters. The lowest BCUT2D eigenvalue weighted by atomic mass is 10.0. The van der Waals surface area contributed by atoms with E-state index in [0.29, 0.717) is 11.1 Å². The highest BCUT2D eigenvalue weighted by atomic mass is 32.2. The van der Waals surface area contributed by atoms with Crippen molar-refractivity contribution in [1.82, 2.24) is 9.29 Å². The van der Waals surface area contributed by atoms with Crippen LogP contribution >= 0.6 is 0 Å². The highest BCUT2D eigenvalue weighted by Gasteiger charge is 2.39. The topological polar surface area (TPSA) is 79.8 Å². The third-order valence-corrected chi connectivity index (χ3v) is 8.09. The fraction of sp³-hybridized carbons (Fsp3) is 0.304. The molecule has 0 N–H and O–H groups in total. The number of aryl methyl sites for hydroxylation is 1. The summed E-state index contributed by atoms with van der Waals surface area (Å²) in [7, 11) is -3.84. The molecule has 172 valence electrons. The van der Waals surface area contributed by atoms with E-state index in [2.05, 4.69) is 4.98 Å². The molecule has 1 aromatic heterocycles. The zero-order valence-corrected chi connectivity index (χ0v) is 18.6. The molecule has 0 spiro atoms. The van der Waals surface area contributed by atoms with Gasteiger partial charge < -0.3 is 4.74 Å². The van der Waals surface area contributed by atoms with E-state index in [4.69, 9.17) is 4.74 Å². The number of cyclic esters (lactones) is 1. The van der Waals surface area contributed by atoms with Crippen molar-refractivity contribution in [2.45, 2.75) is 37.3 Å². The molecule has 0 bridgehead atoms. The minimum Gasteiger partial charge on any atom is -0.444 e. The summed E-state index contributed by atoms with van der Waals surface area (Å²) in [6.45, 7) is 1.98. The summed E-state index contributed by atoms with van der Waals surface area (Å²) in [4.78, 5) is 18.0. The first-order valence-corrected chi connectivity index (χ1v) is 12.0. The molecular formula is C23H21F2N3O4S. The van der Waals surface area contributed by atoms with Gasteiger partial charge in [-0.25, -0.2) is 22.0 Å². The molecule has 2 aliphatic rings. The van der Waals surface area contributed by atoms with Crippen LogP contribution in [0.5, 0.6) is 0 Å². The molecule has 0 saturated carbocycles. The molecule has 7 nitrogen and oxygen atoms in total. The molecule has 10 heteroatoms. The van der Waals surface area contributed by atoms with Crippen LogP contribution in [0.4, 0.5) is 19.3 Å². The fourth-order valence-electron chi connectivity index (χ4n) is 4.52. The molecule has 1 saturated heterocycles. The number of ether oxygens (including phenoxy) is 1. The molecule has 3 aromatic rings. The minimum atomic E-state index is -3.84. The number of hydrogen-bond acceptors (Lipinski definition) is 5. The summed E-state index contributed by atoms with van der Waals surface area (Å²) >= 11 is 0. The van der Waals surface area contributed by atoms with Crippen molar-refractivity contribution >= 4 is 32.7 Å². The Morgan fingerprint density at radius 2 is 1.88 bits per heavy atom. The van der Waals surface area contributed by atoms with Crippen LogP contribution in [0.3, 0.4) is 0 Å². The number of pyridine rings is 1. The number of hydrogen-bond donors (Lipinski definition) is 0. The number of benzene rings is 2. The average molecular weight is 474 g/mol. The molecule has 1 amide bonds. The fourth-order valence-corrected chi connectivity index (χ4v) is 6.15. The number of para-hydroxylation sites is 1. The SMILES string of the molecule is Cc1cnc2c(S(=O)(=O)N3CCC(N4C(=O)OCc5ccc(F)c(F)c54)CC3)cccc2c1. The van der Waals surface area contributed by atoms with E-state index in [1.54, 1.807) is 12.3 Å². The van der Waals surface area contributed by atoms with Gasteiger partial charge in [0, 0.05) is 36.3 Å². The van der Waals surface area contributed by atoms with Gasteiger partial charge in [-0.3, -0.25) is 9.88 Å². The van der Waals surface area contributed by atoms with Gasteiger partial charge in [0.15, 0.2) is 11.6 Å². The predicted octanol–water partition coefficient (Wildman–Crippen LogP) is 4.13. The van der Waals surface area contributed by atoms with E-state index in [1.807, 2.05) is 19.1 Å². The van der Waals surface area contributed by atoms with Crippen molar-refractivity contribution in [2.24, 2.45) is 0 Å². The van der Waals surface area contributed by atoms with Crippen LogP contribution in [0.15, 0.2) is 47.5 Å². The Labute approximate surface area is 189 Å². The summed E-state index contributed by atoms with van der Waals surface area (Å²) in [6, 6.07) is 8.77. The van der Waals surface area contributed by atoms with Gasteiger partial charge in [-0.2, -0.15) is 4.31 Å². The summed E-state index contributed by atoms with van der Waals surface area (Å²) in [6.07, 6.45) is 1.37. The summed E-state index contributed by atoms with van der Waals surface area (Å²) in [5.74, 6) is -2.15. The Bertz CT molecular complexity index is 1370. The molecule has 0 aliphatic carbocycles. The zero-order chi connectivity index (χ0) is 23.3. The van der Waals surface area contributed by atoms with Crippen molar-refractivity contribution in [1.29, 1.82) is 0 Å². The summed E-state index contributed by atoms with van der Waals surface area (Å²) in [5.41, 5.74) is 1.58. The van der Waals surface area contributed by atoms with Crippen LogP contribution in [0.1, 0.15) is 24.0 Å². The highest BCUT2D eigenvalue weighted by Crippen LogP contribution is 2.36. The van der Waals surface area contributed by atoms with Crippen LogP contribution in [-0.4, -0.2) is 42.9 Å². The zero-order valence-electron chi connectivity index (χ0n) is 17.8. The van der Waals surface area contributed by atoms with E-state index in [-0.39, 0.29) is 43.1 Å². The maximum Gasteiger partial charge on any atom is 0.414 e. The molecule has 5 rings (SSSR count). The van der Waals surface area contributed by atoms with Crippen LogP contribution in [0.25, 0.3) is 10.9 Å². The smallest absolute Gasteiger partial charge is 0.414 e. The number of carbonyl (C=O) groups excluding carboxylic acids is 1. The minimum absolute atomic E-state index is 0.116. The van der Waals surface area contributed by atoms with Gasteiger partial charge in [0.05, 0.1) is 11.2 Å². The third kappa shape index (κ3) is 3.63. The number of halogens is 2. The summed E-state index contributed by atoms with van der Waals surface area (Å²) in [5, 5.41) is 0.733. The number of amides is 1. The molecule has 0 radical (unpaired) electrons. The molecular weight excluding hydrogens is 452 g/mol. The van der Waals surface area contributed by atoms with Gasteiger partial charge in [-0.05, 0) is 43.5 Å². The van der Waals surface area contributed by atoms with Gasteiger partial charge in [-0.1, -0.05) is 18.2 Å². The predicted molar refractivity (Wildman–Crippen MR) is 117 cm³/mol. The number of nitrogens with zero attached hydrogens (tertiary/aromatic N) is 3. The van der Waals surface area contributed by atoms with Gasteiger partial charge >= 0.3 is 6.09 Å². The first kappa shape index (κ1) is 21.7. The van der Waals surface area contributed by atoms with E-state index < -0.39 is 33.8 Å². The number of piperidine rings is 1. The largest absolute Gasteiger partial charge is 0.444 e. The molecule has 1 fully saturated rings. The Morgan fingerprint density at radius 3 is 2.64 bits per heavy atom. The normalized spacial score (nSPS) is 17.8. The van der Waals surface area contributed by atoms with E-state index >= 15 is 0 Å². The van der Waals surface area contributed by atoms with Crippen molar-refractivity contribution in [3.05, 3.63) is 65.4 Å². The van der Waals surface area contributed by atoms with E-state index in [0.717, 1.165) is 21.9 Å². The van der Waals surface area contributed by atoms with Gasteiger partial charge in [0.2, 0.25) is 10.0 Å². The molecule has 2 aromatic carbocycles. The number of fused-ring (bicyclic) bond motifs is 2. The lowest BCUT2D eigenvalue weighted by Crippen LogP contribution is -2.50. The van der Waals surface area contributed by atoms with Crippen LogP contribution in [0, 0.1) is 18.6 Å². The quantitative estimate of drug-likeness (QED) is 0.572. The number of anilines is 1. The second kappa shape index (κ2) is 8.03. The standard InChI is InChI=1S/C23H21F2N3O4S/c1-14-11-15-3-2-4-19(21(15)26-12-14)33(30,31)27-9-7-17(8-10-27)28-22-16(13-32-23(28)29)5-6-18(24)20(22)25/h2-6,11-12,17H,7-10,13H2,1H3. The molecule has 33 heavy (non-hydrogen) atoms. The maximum absolute atomic E-state index is 14.6. The Morgan fingerprint density at radius 1 is 1.12 bits per heavy atom. The monoisotopic (exact) mass is 473 g/mol. The van der Waals surface area contributed by atoms with E-state index in [1.165, 1.54) is 16.4 Å². The Kier molecular flexibility index (Phi) is 5.29. The van der Waals surface area contributed by atoms with Gasteiger partial charge in [0.1, 0.15) is 11.5 Å². The average Bonchev–Trinajstić information content (AvgIpc) is 2.81. The number of sulfonamides is 1. The van der Waals surface area contributed by atoms with Crippen molar-refractivity contribution < 1.29 is 26.7 Å². The number of rotatable bonds is 3. The van der Waals surface area contributed by atoms with Crippen molar-refractivity contribution in [3.63, 3.8) is 0 Å². The second-order valence-electron chi connectivity index (χ2n) is 8.27. The number of carbonyl (C=O) groups is 1. The Hall–Kier alpha value is -3.11. The van der Waals surface area contributed by atoms with Gasteiger partial charge in [0.25, 0.3) is 0 Å². The summed E-state index contributed by atoms with van der Waals surface area (Å²) < 4.78 is 61.8. The molecule has 3 heterocycles. The highest BCUT2D eigenvalue weighted by molar-refractivity contribution is 7.89. The number of aromatic nitrogens is 1. The molecule has 2 aliphatic heterocycles. The van der Waals surface area contributed by atoms with Crippen molar-refractivity contribution in [2.75, 3.05) is 18.0 Å². The van der Waals surface area contributed by atoms with Crippen molar-refractivity contribution in [3.8, 4) is 0 Å². The van der Waals surface area contributed by atoms with Gasteiger partial charge in [-0.15, -0.1) is 0 Å². The Balaban J connectivity index is 1.42. The third-order valence-electron chi connectivity index (χ3n) is 6.16. The second-order valence-corrected chi connectivity index (χ2v) is 10.2. The van der Waals surface area contributed by atoms with Crippen LogP contribution in [-0.2, 0) is 21.4 Å². The lowest BCUT2D eigenvalue weighted by Gasteiger charge is -2.39.